The van der Waals surface area contributed by atoms with Gasteiger partial charge >= 0.3 is 12.3 Å². The molecule has 1 aromatic carbocycles. The zero-order valence-corrected chi connectivity index (χ0v) is 14.0. The van der Waals surface area contributed by atoms with E-state index in [0.29, 0.717) is 45.6 Å². The van der Waals surface area contributed by atoms with Gasteiger partial charge in [0.15, 0.2) is 0 Å². The normalized spacial score (nSPS) is 23.6. The Morgan fingerprint density at radius 3 is 2.62 bits per heavy atom. The van der Waals surface area contributed by atoms with Crippen molar-refractivity contribution < 1.29 is 37.3 Å². The standard InChI is InChI=1S/C17H20F3NO5/c18-17(19,20)26-13-3-1-2-12(10-13)25-14-4-7-21(11-14)16(15(22)23)5-8-24-9-6-16/h1-3,10,14H,4-9,11H2,(H,22,23)/t14-/m1/s1. The lowest BCUT2D eigenvalue weighted by Crippen LogP contribution is -2.57. The fourth-order valence-electron chi connectivity index (χ4n) is 3.52. The molecular weight excluding hydrogens is 355 g/mol. The van der Waals surface area contributed by atoms with Crippen LogP contribution < -0.4 is 9.47 Å². The van der Waals surface area contributed by atoms with E-state index in [1.165, 1.54) is 18.2 Å². The van der Waals surface area contributed by atoms with Crippen molar-refractivity contribution in [1.82, 2.24) is 4.90 Å². The summed E-state index contributed by atoms with van der Waals surface area (Å²) in [7, 11) is 0. The van der Waals surface area contributed by atoms with Crippen molar-refractivity contribution in [2.75, 3.05) is 26.3 Å². The number of hydrogen-bond donors (Lipinski definition) is 1. The fraction of sp³-hybridized carbons (Fsp3) is 0.588. The van der Waals surface area contributed by atoms with Gasteiger partial charge in [0.1, 0.15) is 23.1 Å². The quantitative estimate of drug-likeness (QED) is 0.854. The molecule has 0 aliphatic carbocycles. The highest BCUT2D eigenvalue weighted by Gasteiger charge is 2.48. The number of alkyl halides is 3. The van der Waals surface area contributed by atoms with Crippen LogP contribution >= 0.6 is 0 Å². The fourth-order valence-corrected chi connectivity index (χ4v) is 3.52. The van der Waals surface area contributed by atoms with Gasteiger partial charge in [0.2, 0.25) is 0 Å². The molecule has 1 atom stereocenters. The third kappa shape index (κ3) is 4.21. The highest BCUT2D eigenvalue weighted by atomic mass is 19.4. The predicted molar refractivity (Wildman–Crippen MR) is 84.2 cm³/mol. The van der Waals surface area contributed by atoms with Crippen LogP contribution in [0.1, 0.15) is 19.3 Å². The summed E-state index contributed by atoms with van der Waals surface area (Å²) >= 11 is 0. The Morgan fingerprint density at radius 1 is 1.27 bits per heavy atom. The van der Waals surface area contributed by atoms with E-state index in [0.717, 1.165) is 0 Å². The van der Waals surface area contributed by atoms with Gasteiger partial charge in [-0.1, -0.05) is 6.07 Å². The molecule has 3 rings (SSSR count). The Labute approximate surface area is 148 Å². The minimum absolute atomic E-state index is 0.259. The van der Waals surface area contributed by atoms with Crippen molar-refractivity contribution in [2.24, 2.45) is 0 Å². The molecule has 2 aliphatic heterocycles. The van der Waals surface area contributed by atoms with Gasteiger partial charge < -0.3 is 19.3 Å². The summed E-state index contributed by atoms with van der Waals surface area (Å²) in [6.45, 7) is 1.74. The van der Waals surface area contributed by atoms with E-state index in [2.05, 4.69) is 4.74 Å². The van der Waals surface area contributed by atoms with Gasteiger partial charge in [-0.2, -0.15) is 0 Å². The lowest BCUT2D eigenvalue weighted by Gasteiger charge is -2.40. The molecule has 2 heterocycles. The van der Waals surface area contributed by atoms with Gasteiger partial charge in [0.25, 0.3) is 0 Å². The van der Waals surface area contributed by atoms with Crippen molar-refractivity contribution in [2.45, 2.75) is 37.3 Å². The lowest BCUT2D eigenvalue weighted by atomic mass is 9.88. The maximum Gasteiger partial charge on any atom is 0.573 e. The van der Waals surface area contributed by atoms with Crippen LogP contribution in [-0.4, -0.2) is 60.3 Å². The number of halogens is 3. The molecule has 2 saturated heterocycles. The van der Waals surface area contributed by atoms with Crippen molar-refractivity contribution in [3.63, 3.8) is 0 Å². The minimum Gasteiger partial charge on any atom is -0.489 e. The van der Waals surface area contributed by atoms with Crippen LogP contribution in [0.3, 0.4) is 0 Å². The van der Waals surface area contributed by atoms with E-state index in [1.54, 1.807) is 6.07 Å². The number of rotatable bonds is 5. The number of carbonyl (C=O) groups is 1. The second-order valence-corrected chi connectivity index (χ2v) is 6.45. The second kappa shape index (κ2) is 7.32. The number of ether oxygens (including phenoxy) is 3. The summed E-state index contributed by atoms with van der Waals surface area (Å²) in [5.74, 6) is -0.965. The number of nitrogens with zero attached hydrogens (tertiary/aromatic N) is 1. The maximum absolute atomic E-state index is 12.3. The summed E-state index contributed by atoms with van der Waals surface area (Å²) in [6, 6.07) is 5.34. The molecule has 2 fully saturated rings. The molecule has 0 spiro atoms. The summed E-state index contributed by atoms with van der Waals surface area (Å²) < 4.78 is 51.9. The highest BCUT2D eigenvalue weighted by Crippen LogP contribution is 2.33. The molecule has 0 amide bonds. The molecule has 1 N–H and O–H groups in total. The highest BCUT2D eigenvalue weighted by molar-refractivity contribution is 5.79. The topological polar surface area (TPSA) is 68.2 Å². The molecule has 2 aliphatic rings. The molecular formula is C17H20F3NO5. The molecule has 1 aromatic rings. The van der Waals surface area contributed by atoms with Gasteiger partial charge in [0, 0.05) is 32.4 Å². The molecule has 0 unspecified atom stereocenters. The number of hydrogen-bond acceptors (Lipinski definition) is 5. The summed E-state index contributed by atoms with van der Waals surface area (Å²) in [6.07, 6.45) is -3.65. The summed E-state index contributed by atoms with van der Waals surface area (Å²) in [5.41, 5.74) is -0.961. The Bertz CT molecular complexity index is 646. The Kier molecular flexibility index (Phi) is 5.29. The van der Waals surface area contributed by atoms with Crippen LogP contribution in [0.15, 0.2) is 24.3 Å². The zero-order chi connectivity index (χ0) is 18.8. The third-order valence-electron chi connectivity index (χ3n) is 4.81. The summed E-state index contributed by atoms with van der Waals surface area (Å²) in [5, 5.41) is 9.71. The Hall–Kier alpha value is -2.00. The van der Waals surface area contributed by atoms with Crippen LogP contribution in [0.5, 0.6) is 11.5 Å². The predicted octanol–water partition coefficient (Wildman–Crippen LogP) is 2.67. The third-order valence-corrected chi connectivity index (χ3v) is 4.81. The monoisotopic (exact) mass is 375 g/mol. The molecule has 26 heavy (non-hydrogen) atoms. The first-order valence-electron chi connectivity index (χ1n) is 8.37. The first-order valence-corrected chi connectivity index (χ1v) is 8.37. The molecule has 0 saturated carbocycles. The molecule has 0 bridgehead atoms. The van der Waals surface area contributed by atoms with E-state index in [4.69, 9.17) is 9.47 Å². The largest absolute Gasteiger partial charge is 0.573 e. The summed E-state index contributed by atoms with van der Waals surface area (Å²) in [4.78, 5) is 13.7. The maximum atomic E-state index is 12.3. The SMILES string of the molecule is O=C(O)C1(N2CC[C@@H](Oc3cccc(OC(F)(F)F)c3)C2)CCOCC1. The number of aliphatic carboxylic acids is 1. The van der Waals surface area contributed by atoms with E-state index < -0.39 is 17.9 Å². The number of likely N-dealkylation sites (tertiary alicyclic amines) is 1. The Balaban J connectivity index is 1.64. The number of benzene rings is 1. The van der Waals surface area contributed by atoms with Gasteiger partial charge in [0.05, 0.1) is 0 Å². The van der Waals surface area contributed by atoms with Crippen molar-refractivity contribution >= 4 is 5.97 Å². The van der Waals surface area contributed by atoms with E-state index in [9.17, 15) is 23.1 Å². The smallest absolute Gasteiger partial charge is 0.489 e. The number of carboxylic acids is 1. The zero-order valence-electron chi connectivity index (χ0n) is 14.0. The van der Waals surface area contributed by atoms with Crippen LogP contribution in [-0.2, 0) is 9.53 Å². The molecule has 0 radical (unpaired) electrons. The van der Waals surface area contributed by atoms with Crippen molar-refractivity contribution in [1.29, 1.82) is 0 Å². The molecule has 6 nitrogen and oxygen atoms in total. The van der Waals surface area contributed by atoms with Crippen LogP contribution in [0.2, 0.25) is 0 Å². The van der Waals surface area contributed by atoms with Gasteiger partial charge in [-0.05, 0) is 31.4 Å². The van der Waals surface area contributed by atoms with Crippen LogP contribution in [0.4, 0.5) is 13.2 Å². The lowest BCUT2D eigenvalue weighted by molar-refractivity contribution is -0.274. The molecule has 9 heteroatoms. The number of carboxylic acid groups (broad SMARTS) is 1. The second-order valence-electron chi connectivity index (χ2n) is 6.45. The first kappa shape index (κ1) is 18.8. The van der Waals surface area contributed by atoms with E-state index in [1.807, 2.05) is 4.90 Å². The van der Waals surface area contributed by atoms with Gasteiger partial charge in [-0.25, -0.2) is 0 Å². The van der Waals surface area contributed by atoms with Gasteiger partial charge in [-0.15, -0.1) is 13.2 Å². The molecule has 0 aromatic heterocycles. The average Bonchev–Trinajstić information content (AvgIpc) is 3.03. The van der Waals surface area contributed by atoms with Crippen LogP contribution in [0, 0.1) is 0 Å². The van der Waals surface area contributed by atoms with Crippen LogP contribution in [0.25, 0.3) is 0 Å². The first-order chi connectivity index (χ1) is 12.3. The Morgan fingerprint density at radius 2 is 1.96 bits per heavy atom. The van der Waals surface area contributed by atoms with Crippen molar-refractivity contribution in [3.8, 4) is 11.5 Å². The minimum atomic E-state index is -4.76. The molecule has 144 valence electrons. The van der Waals surface area contributed by atoms with Crippen molar-refractivity contribution in [3.05, 3.63) is 24.3 Å². The van der Waals surface area contributed by atoms with E-state index in [-0.39, 0.29) is 17.6 Å². The van der Waals surface area contributed by atoms with E-state index >= 15 is 0 Å². The average molecular weight is 375 g/mol. The van der Waals surface area contributed by atoms with Gasteiger partial charge in [-0.3, -0.25) is 9.69 Å².